The Morgan fingerprint density at radius 1 is 0.962 bits per heavy atom. The molecule has 1 saturated heterocycles. The second kappa shape index (κ2) is 14.2. The summed E-state index contributed by atoms with van der Waals surface area (Å²) in [5.41, 5.74) is 5.35. The van der Waals surface area contributed by atoms with E-state index in [9.17, 15) is 14.4 Å². The van der Waals surface area contributed by atoms with Gasteiger partial charge in [-0.1, -0.05) is 37.0 Å². The molecule has 4 aromatic heterocycles. The maximum atomic E-state index is 14.7. The molecule has 3 atom stereocenters. The Balaban J connectivity index is 1.19. The summed E-state index contributed by atoms with van der Waals surface area (Å²) in [6, 6.07) is 6.94. The Bertz CT molecular complexity index is 2230. The van der Waals surface area contributed by atoms with Crippen LogP contribution in [0.4, 0.5) is 5.82 Å². The zero-order chi connectivity index (χ0) is 36.9. The van der Waals surface area contributed by atoms with Gasteiger partial charge in [-0.15, -0.1) is 5.10 Å². The van der Waals surface area contributed by atoms with Gasteiger partial charge in [0.2, 0.25) is 11.8 Å². The van der Waals surface area contributed by atoms with Crippen molar-refractivity contribution in [2.45, 2.75) is 110 Å². The standard InChI is InChI=1S/C39H43BrN10O3/c1-23-12-13-33(40)43-37(23)44-38(53)31-16-39-17-32(39)50(31)34(52)21-49-36-26(10-8-6-4-5-7-9-11-29-20-48(22-39)47-45-29)14-27(28-18-41-25(3)42-19-28)15-30(36)35(46-49)24(2)51/h12-15,18-20,31-32H,4-11,16-17,21-22H2,1-3H3,(H,43,44,53)/t31-,32+,39-/m0/s1. The molecule has 14 heteroatoms. The highest BCUT2D eigenvalue weighted by atomic mass is 79.9. The van der Waals surface area contributed by atoms with Gasteiger partial charge in [-0.2, -0.15) is 5.10 Å². The summed E-state index contributed by atoms with van der Waals surface area (Å²) in [5, 5.41) is 17.5. The highest BCUT2D eigenvalue weighted by Gasteiger charge is 2.67. The molecule has 2 fully saturated rings. The van der Waals surface area contributed by atoms with E-state index in [1.807, 2.05) is 42.9 Å². The van der Waals surface area contributed by atoms with E-state index in [2.05, 4.69) is 52.6 Å². The summed E-state index contributed by atoms with van der Waals surface area (Å²) in [5.74, 6) is 0.450. The maximum absolute atomic E-state index is 14.7. The van der Waals surface area contributed by atoms with Crippen molar-refractivity contribution in [2.24, 2.45) is 5.41 Å². The lowest BCUT2D eigenvalue weighted by atomic mass is 9.96. The second-order valence-corrected chi connectivity index (χ2v) is 15.8. The highest BCUT2D eigenvalue weighted by molar-refractivity contribution is 9.10. The van der Waals surface area contributed by atoms with Crippen molar-refractivity contribution < 1.29 is 14.4 Å². The van der Waals surface area contributed by atoms with E-state index >= 15 is 0 Å². The number of Topliss-reactive ketones (excluding diaryl/α,β-unsaturated/α-hetero) is 1. The number of hydrogen-bond donors (Lipinski definition) is 1. The smallest absolute Gasteiger partial charge is 0.248 e. The zero-order valence-corrected chi connectivity index (χ0v) is 31.9. The number of anilines is 1. The van der Waals surface area contributed by atoms with Gasteiger partial charge in [-0.3, -0.25) is 23.7 Å². The maximum Gasteiger partial charge on any atom is 0.248 e. The summed E-state index contributed by atoms with van der Waals surface area (Å²) in [6.45, 7) is 5.71. The van der Waals surface area contributed by atoms with Crippen molar-refractivity contribution in [3.05, 3.63) is 75.8 Å². The summed E-state index contributed by atoms with van der Waals surface area (Å²) >= 11 is 3.42. The minimum absolute atomic E-state index is 0.109. The zero-order valence-electron chi connectivity index (χ0n) is 30.3. The summed E-state index contributed by atoms with van der Waals surface area (Å²) in [4.78, 5) is 57.0. The van der Waals surface area contributed by atoms with Crippen LogP contribution >= 0.6 is 15.9 Å². The van der Waals surface area contributed by atoms with E-state index in [1.165, 1.54) is 6.92 Å². The highest BCUT2D eigenvalue weighted by Crippen LogP contribution is 2.60. The largest absolute Gasteiger partial charge is 0.325 e. The summed E-state index contributed by atoms with van der Waals surface area (Å²) in [6.07, 6.45) is 15.0. The molecule has 274 valence electrons. The first kappa shape index (κ1) is 35.2. The molecule has 2 amide bonds. The van der Waals surface area contributed by atoms with E-state index in [0.29, 0.717) is 40.3 Å². The molecule has 53 heavy (non-hydrogen) atoms. The van der Waals surface area contributed by atoms with E-state index in [0.717, 1.165) is 91.3 Å². The number of carbonyl (C=O) groups is 3. The fraction of sp³-hybridized carbons (Fsp3) is 0.462. The van der Waals surface area contributed by atoms with Crippen LogP contribution in [0.2, 0.25) is 0 Å². The van der Waals surface area contributed by atoms with E-state index < -0.39 is 6.04 Å². The van der Waals surface area contributed by atoms with Crippen LogP contribution in [-0.4, -0.2) is 74.3 Å². The quantitative estimate of drug-likeness (QED) is 0.166. The number of benzene rings is 1. The molecule has 1 saturated carbocycles. The number of carbonyl (C=O) groups excluding carboxylic acids is 3. The lowest BCUT2D eigenvalue weighted by Crippen LogP contribution is -2.47. The Labute approximate surface area is 316 Å². The number of hydrogen-bond acceptors (Lipinski definition) is 9. The minimum Gasteiger partial charge on any atom is -0.325 e. The Kier molecular flexibility index (Phi) is 9.42. The van der Waals surface area contributed by atoms with Gasteiger partial charge in [0.25, 0.3) is 0 Å². The molecule has 0 radical (unpaired) electrons. The van der Waals surface area contributed by atoms with Gasteiger partial charge in [0.1, 0.15) is 34.5 Å². The summed E-state index contributed by atoms with van der Waals surface area (Å²) < 4.78 is 4.19. The number of fused-ring (bicyclic) bond motifs is 2. The molecule has 5 aromatic rings. The lowest BCUT2D eigenvalue weighted by molar-refractivity contribution is -0.138. The Hall–Kier alpha value is -4.85. The Morgan fingerprint density at radius 3 is 2.49 bits per heavy atom. The second-order valence-electron chi connectivity index (χ2n) is 15.0. The average Bonchev–Trinajstić information content (AvgIpc) is 3.39. The number of pyridine rings is 1. The van der Waals surface area contributed by atoms with E-state index in [-0.39, 0.29) is 35.6 Å². The molecule has 2 aliphatic heterocycles. The average molecular weight is 780 g/mol. The van der Waals surface area contributed by atoms with Crippen molar-refractivity contribution in [2.75, 3.05) is 5.32 Å². The molecule has 8 rings (SSSR count). The van der Waals surface area contributed by atoms with Crippen LogP contribution in [0.1, 0.15) is 91.4 Å². The van der Waals surface area contributed by atoms with Crippen LogP contribution in [0, 0.1) is 19.3 Å². The molecule has 1 aliphatic carbocycles. The van der Waals surface area contributed by atoms with Crippen molar-refractivity contribution in [1.82, 2.24) is 44.6 Å². The van der Waals surface area contributed by atoms with Gasteiger partial charge in [0, 0.05) is 47.9 Å². The molecule has 1 N–H and O–H groups in total. The number of rotatable bonds is 4. The normalized spacial score (nSPS) is 22.0. The third-order valence-electron chi connectivity index (χ3n) is 11.2. The van der Waals surface area contributed by atoms with Crippen LogP contribution in [0.15, 0.2) is 47.5 Å². The van der Waals surface area contributed by atoms with E-state index in [4.69, 9.17) is 5.10 Å². The predicted molar refractivity (Wildman–Crippen MR) is 202 cm³/mol. The first-order chi connectivity index (χ1) is 25.6. The fourth-order valence-electron chi connectivity index (χ4n) is 8.34. The first-order valence-electron chi connectivity index (χ1n) is 18.6. The van der Waals surface area contributed by atoms with Crippen LogP contribution in [-0.2, 0) is 35.5 Å². The fourth-order valence-corrected chi connectivity index (χ4v) is 8.65. The molecule has 3 aliphatic rings. The van der Waals surface area contributed by atoms with Crippen LogP contribution in [0.5, 0.6) is 0 Å². The van der Waals surface area contributed by atoms with Crippen molar-refractivity contribution >= 4 is 50.2 Å². The Morgan fingerprint density at radius 2 is 1.72 bits per heavy atom. The molecular formula is C39H43BrN10O3. The van der Waals surface area contributed by atoms with Crippen LogP contribution < -0.4 is 5.32 Å². The molecular weight excluding hydrogens is 736 g/mol. The number of aryl methyl sites for hydroxylation is 4. The number of piperidine rings is 1. The molecule has 6 heterocycles. The van der Waals surface area contributed by atoms with Crippen molar-refractivity contribution in [1.29, 1.82) is 0 Å². The SMILES string of the molecule is CC(=O)c1nn2c3c(cc(-c4cnc(C)nc4)cc13)CCCCCCCCc1cn(nn1)C[C@@]13C[C@@H](C(=O)Nc4nc(Br)ccc4C)N(C(=O)C2)[C@@H]1C3. The monoisotopic (exact) mass is 778 g/mol. The minimum atomic E-state index is -0.722. The molecule has 0 unspecified atom stereocenters. The topological polar surface area (TPSA) is 154 Å². The van der Waals surface area contributed by atoms with Crippen molar-refractivity contribution in [3.8, 4) is 11.1 Å². The van der Waals surface area contributed by atoms with Gasteiger partial charge < -0.3 is 10.2 Å². The third kappa shape index (κ3) is 7.00. The van der Waals surface area contributed by atoms with Gasteiger partial charge >= 0.3 is 0 Å². The van der Waals surface area contributed by atoms with E-state index in [1.54, 1.807) is 22.0 Å². The van der Waals surface area contributed by atoms with Gasteiger partial charge in [0.15, 0.2) is 5.78 Å². The molecule has 0 spiro atoms. The molecule has 1 aromatic carbocycles. The number of nitrogens with one attached hydrogen (secondary N) is 1. The predicted octanol–water partition coefficient (Wildman–Crippen LogP) is 6.20. The van der Waals surface area contributed by atoms with Gasteiger partial charge in [-0.25, -0.2) is 15.0 Å². The van der Waals surface area contributed by atoms with Crippen LogP contribution in [0.3, 0.4) is 0 Å². The molecule has 13 nitrogen and oxygen atoms in total. The number of ketones is 1. The van der Waals surface area contributed by atoms with Gasteiger partial charge in [-0.05, 0) is 103 Å². The number of aromatic nitrogens is 8. The van der Waals surface area contributed by atoms with Crippen molar-refractivity contribution in [3.63, 3.8) is 0 Å². The number of nitrogens with zero attached hydrogens (tertiary/aromatic N) is 9. The van der Waals surface area contributed by atoms with Crippen LogP contribution in [0.25, 0.3) is 22.0 Å². The third-order valence-corrected chi connectivity index (χ3v) is 11.6. The number of halogens is 1. The summed E-state index contributed by atoms with van der Waals surface area (Å²) in [7, 11) is 0. The van der Waals surface area contributed by atoms with Gasteiger partial charge in [0.05, 0.1) is 17.8 Å². The first-order valence-corrected chi connectivity index (χ1v) is 19.4. The molecule has 4 bridgehead atoms. The lowest BCUT2D eigenvalue weighted by Gasteiger charge is -2.27. The number of amides is 2.